The van der Waals surface area contributed by atoms with E-state index in [-0.39, 0.29) is 47.9 Å². The van der Waals surface area contributed by atoms with E-state index < -0.39 is 0 Å². The molecule has 4 aromatic heterocycles. The van der Waals surface area contributed by atoms with Gasteiger partial charge in [0.15, 0.2) is 5.78 Å². The Bertz CT molecular complexity index is 2220. The van der Waals surface area contributed by atoms with Crippen LogP contribution in [0.15, 0.2) is 53.7 Å². The number of aliphatic hydroxyl groups is 1. The largest absolute Gasteiger partial charge is 0.512 e. The smallest absolute Gasteiger partial charge is 0.164 e. The minimum Gasteiger partial charge on any atom is -0.512 e. The molecule has 52 heavy (non-hydrogen) atoms. The van der Waals surface area contributed by atoms with Crippen molar-refractivity contribution in [3.05, 3.63) is 75.8 Å². The Morgan fingerprint density at radius 3 is 2.10 bits per heavy atom. The second kappa shape index (κ2) is 16.5. The van der Waals surface area contributed by atoms with E-state index in [0.29, 0.717) is 5.92 Å². The zero-order valence-electron chi connectivity index (χ0n) is 33.1. The SMILES string of the molecule is CCC(C)(CC)C(=O)/C=C(\O)C(C)(CC)CC.Cc1c(CC(C)C)sc2cc3sc4c(-c5[c-]c6ccsc6c(C(C)(C)C)c5)nccc4c3cc12.[Ir]. The number of hydrogen-bond acceptors (Lipinski definition) is 6. The normalized spacial score (nSPS) is 12.9. The first-order valence-corrected chi connectivity index (χ1v) is 21.1. The second-order valence-electron chi connectivity index (χ2n) is 16.2. The summed E-state index contributed by atoms with van der Waals surface area (Å²) in [4.78, 5) is 18.6. The Labute approximate surface area is 337 Å². The summed E-state index contributed by atoms with van der Waals surface area (Å²) < 4.78 is 5.36. The van der Waals surface area contributed by atoms with Gasteiger partial charge in [0.1, 0.15) is 5.76 Å². The van der Waals surface area contributed by atoms with Gasteiger partial charge in [0.05, 0.1) is 0 Å². The van der Waals surface area contributed by atoms with E-state index in [2.05, 4.69) is 83.3 Å². The number of hydrogen-bond donors (Lipinski definition) is 1. The van der Waals surface area contributed by atoms with Gasteiger partial charge in [-0.15, -0.1) is 46.3 Å². The van der Waals surface area contributed by atoms with Gasteiger partial charge in [0.2, 0.25) is 0 Å². The van der Waals surface area contributed by atoms with E-state index in [1.807, 2.05) is 81.7 Å². The molecule has 0 atom stereocenters. The van der Waals surface area contributed by atoms with Crippen LogP contribution in [0.5, 0.6) is 0 Å². The number of carbonyl (C=O) groups excluding carboxylic acids is 1. The second-order valence-corrected chi connectivity index (χ2v) is 19.3. The van der Waals surface area contributed by atoms with Crippen LogP contribution in [-0.2, 0) is 36.7 Å². The van der Waals surface area contributed by atoms with Crippen LogP contribution in [0.1, 0.15) is 118 Å². The summed E-state index contributed by atoms with van der Waals surface area (Å²) in [6.45, 7) is 25.9. The molecule has 3 nitrogen and oxygen atoms in total. The molecule has 0 aliphatic heterocycles. The maximum atomic E-state index is 12.2. The molecule has 0 fully saturated rings. The molecule has 0 amide bonds. The molecule has 1 N–H and O–H groups in total. The minimum absolute atomic E-state index is 0. The molecular weight excluding hydrogens is 875 g/mol. The van der Waals surface area contributed by atoms with Gasteiger partial charge in [-0.3, -0.25) is 9.78 Å². The van der Waals surface area contributed by atoms with Crippen LogP contribution in [-0.4, -0.2) is 15.9 Å². The molecular formula is C45H56IrNO2S3-. The van der Waals surface area contributed by atoms with Gasteiger partial charge in [0, 0.05) is 73.3 Å². The average Bonchev–Trinajstić information content (AvgIpc) is 3.80. The molecule has 0 spiro atoms. The zero-order valence-corrected chi connectivity index (χ0v) is 37.9. The Morgan fingerprint density at radius 1 is 0.865 bits per heavy atom. The van der Waals surface area contributed by atoms with E-state index in [0.717, 1.165) is 43.4 Å². The van der Waals surface area contributed by atoms with Crippen molar-refractivity contribution in [2.75, 3.05) is 0 Å². The Kier molecular flexibility index (Phi) is 13.5. The van der Waals surface area contributed by atoms with E-state index in [4.69, 9.17) is 4.98 Å². The molecule has 0 aliphatic carbocycles. The number of thiophene rings is 3. The molecule has 1 radical (unpaired) electrons. The minimum atomic E-state index is -0.337. The Morgan fingerprint density at radius 2 is 1.50 bits per heavy atom. The van der Waals surface area contributed by atoms with Crippen molar-refractivity contribution < 1.29 is 30.0 Å². The van der Waals surface area contributed by atoms with E-state index in [1.54, 1.807) is 0 Å². The number of carbonyl (C=O) groups is 1. The van der Waals surface area contributed by atoms with Crippen molar-refractivity contribution in [2.24, 2.45) is 16.7 Å². The number of allylic oxidation sites excluding steroid dienone is 2. The van der Waals surface area contributed by atoms with Crippen molar-refractivity contribution in [3.8, 4) is 11.3 Å². The third-order valence-corrected chi connectivity index (χ3v) is 14.7. The number of fused-ring (bicyclic) bond motifs is 5. The van der Waals surface area contributed by atoms with Gasteiger partial charge in [-0.2, -0.15) is 11.3 Å². The van der Waals surface area contributed by atoms with Gasteiger partial charge in [-0.05, 0) is 95.0 Å². The first kappa shape index (κ1) is 42.3. The summed E-state index contributed by atoms with van der Waals surface area (Å²) in [5.41, 5.74) is 4.45. The topological polar surface area (TPSA) is 50.2 Å². The Hall–Kier alpha value is -2.41. The van der Waals surface area contributed by atoms with Crippen molar-refractivity contribution >= 4 is 80.1 Å². The van der Waals surface area contributed by atoms with Crippen LogP contribution < -0.4 is 0 Å². The van der Waals surface area contributed by atoms with Gasteiger partial charge >= 0.3 is 0 Å². The fourth-order valence-corrected chi connectivity index (χ4v) is 10.4. The molecule has 6 aromatic rings. The quantitative estimate of drug-likeness (QED) is 0.0846. The van der Waals surface area contributed by atoms with E-state index in [9.17, 15) is 9.90 Å². The first-order chi connectivity index (χ1) is 24.0. The molecule has 0 aliphatic rings. The maximum Gasteiger partial charge on any atom is 0.164 e. The van der Waals surface area contributed by atoms with Crippen LogP contribution in [0.3, 0.4) is 0 Å². The fraction of sp³-hybridized carbons (Fsp3) is 0.467. The molecule has 0 unspecified atom stereocenters. The first-order valence-electron chi connectivity index (χ1n) is 18.6. The molecule has 4 heterocycles. The number of aliphatic hydroxyl groups excluding tert-OH is 1. The summed E-state index contributed by atoms with van der Waals surface area (Å²) in [5, 5.41) is 17.6. The van der Waals surface area contributed by atoms with Gasteiger partial charge < -0.3 is 5.11 Å². The summed E-state index contributed by atoms with van der Waals surface area (Å²) in [7, 11) is 0. The Balaban J connectivity index is 0.000000289. The van der Waals surface area contributed by atoms with Crippen LogP contribution >= 0.6 is 34.0 Å². The van der Waals surface area contributed by atoms with Crippen molar-refractivity contribution in [1.29, 1.82) is 0 Å². The summed E-state index contributed by atoms with van der Waals surface area (Å²) in [6, 6.07) is 15.2. The summed E-state index contributed by atoms with van der Waals surface area (Å²) in [6.07, 6.45) is 7.88. The van der Waals surface area contributed by atoms with Crippen LogP contribution in [0, 0.1) is 29.7 Å². The molecule has 281 valence electrons. The van der Waals surface area contributed by atoms with Gasteiger partial charge in [-0.25, -0.2) is 0 Å². The van der Waals surface area contributed by atoms with Crippen molar-refractivity contribution in [3.63, 3.8) is 0 Å². The van der Waals surface area contributed by atoms with Crippen molar-refractivity contribution in [1.82, 2.24) is 4.98 Å². The number of ketones is 1. The number of aromatic nitrogens is 1. The monoisotopic (exact) mass is 931 g/mol. The van der Waals surface area contributed by atoms with E-state index >= 15 is 0 Å². The number of rotatable bonds is 10. The number of nitrogens with zero attached hydrogens (tertiary/aromatic N) is 1. The molecule has 0 bridgehead atoms. The number of aryl methyl sites for hydroxylation is 1. The van der Waals surface area contributed by atoms with E-state index in [1.165, 1.54) is 62.4 Å². The number of pyridine rings is 1. The molecule has 0 saturated heterocycles. The number of benzene rings is 2. The molecule has 2 aromatic carbocycles. The van der Waals surface area contributed by atoms with Crippen molar-refractivity contribution in [2.45, 2.75) is 121 Å². The summed E-state index contributed by atoms with van der Waals surface area (Å²) in [5.74, 6) is 0.964. The third-order valence-electron chi connectivity index (χ3n) is 11.3. The maximum absolute atomic E-state index is 12.2. The van der Waals surface area contributed by atoms with Crippen LogP contribution in [0.4, 0.5) is 0 Å². The summed E-state index contributed by atoms with van der Waals surface area (Å²) >= 11 is 5.66. The molecule has 7 heteroatoms. The molecule has 0 saturated carbocycles. The van der Waals surface area contributed by atoms with Gasteiger partial charge in [0.25, 0.3) is 0 Å². The van der Waals surface area contributed by atoms with Crippen LogP contribution in [0.25, 0.3) is 51.6 Å². The van der Waals surface area contributed by atoms with Crippen LogP contribution in [0.2, 0.25) is 0 Å². The fourth-order valence-electron chi connectivity index (χ4n) is 6.60. The van der Waals surface area contributed by atoms with Gasteiger partial charge in [-0.1, -0.05) is 87.3 Å². The predicted molar refractivity (Wildman–Crippen MR) is 227 cm³/mol. The molecule has 6 rings (SSSR count). The average molecular weight is 931 g/mol. The third kappa shape index (κ3) is 8.30. The zero-order chi connectivity index (χ0) is 37.5. The standard InChI is InChI=1S/C30H28NS3.C15H28O2.Ir/c1-16(2)11-24-17(3)21-14-22-20-7-9-31-27(29(20)34-26(22)15-25(21)33-24)19-12-18-8-10-32-28(18)23(13-19)30(4,5)6;1-7-14(5,8-2)12(16)11-13(17)15(6,9-3)10-4;/h7-10,13-16H,11H2,1-6H3;11,16H,7-10H2,1-6H3;/q-1;;/b;12-11-;. The predicted octanol–water partition coefficient (Wildman–Crippen LogP) is 14.8.